The summed E-state index contributed by atoms with van der Waals surface area (Å²) in [6.45, 7) is 2.52. The van der Waals surface area contributed by atoms with Crippen LogP contribution in [-0.4, -0.2) is 56.8 Å². The molecule has 1 aromatic carbocycles. The molecule has 0 aromatic heterocycles. The van der Waals surface area contributed by atoms with Crippen molar-refractivity contribution in [1.29, 1.82) is 0 Å². The number of ether oxygens (including phenoxy) is 2. The Morgan fingerprint density at radius 3 is 2.70 bits per heavy atom. The van der Waals surface area contributed by atoms with Crippen LogP contribution < -0.4 is 10.1 Å². The van der Waals surface area contributed by atoms with Gasteiger partial charge in [0.05, 0.1) is 6.54 Å². The van der Waals surface area contributed by atoms with Crippen molar-refractivity contribution in [3.63, 3.8) is 0 Å². The second-order valence-electron chi connectivity index (χ2n) is 5.48. The predicted octanol–water partition coefficient (Wildman–Crippen LogP) is 2.37. The summed E-state index contributed by atoms with van der Waals surface area (Å²) in [7, 11) is 3.39. The lowest BCUT2D eigenvalue weighted by Crippen LogP contribution is -2.55. The molecule has 1 saturated heterocycles. The van der Waals surface area contributed by atoms with E-state index < -0.39 is 5.60 Å². The van der Waals surface area contributed by atoms with Crippen LogP contribution in [0.5, 0.6) is 5.75 Å². The van der Waals surface area contributed by atoms with E-state index >= 15 is 0 Å². The molecule has 0 spiro atoms. The number of halogens is 2. The molecule has 0 bridgehead atoms. The Bertz CT molecular complexity index is 508. The number of likely N-dealkylation sites (N-methyl/N-ethyl adjacent to an activating group) is 1. The lowest BCUT2D eigenvalue weighted by Gasteiger charge is -2.37. The maximum absolute atomic E-state index is 12.6. The smallest absolute Gasteiger partial charge is 0.254 e. The zero-order chi connectivity index (χ0) is 16.0. The average molecular weight is 363 g/mol. The summed E-state index contributed by atoms with van der Waals surface area (Å²) < 4.78 is 11.2. The Labute approximate surface area is 148 Å². The fraction of sp³-hybridized carbons (Fsp3) is 0.562. The van der Waals surface area contributed by atoms with Crippen molar-refractivity contribution < 1.29 is 14.3 Å². The van der Waals surface area contributed by atoms with Crippen molar-refractivity contribution in [2.75, 3.05) is 40.4 Å². The zero-order valence-electron chi connectivity index (χ0n) is 13.5. The molecule has 0 unspecified atom stereocenters. The topological polar surface area (TPSA) is 50.8 Å². The monoisotopic (exact) mass is 362 g/mol. The molecule has 23 heavy (non-hydrogen) atoms. The van der Waals surface area contributed by atoms with Crippen LogP contribution in [0.25, 0.3) is 0 Å². The van der Waals surface area contributed by atoms with Crippen molar-refractivity contribution >= 4 is 29.9 Å². The third-order valence-electron chi connectivity index (χ3n) is 4.03. The molecule has 1 fully saturated rings. The SMILES string of the molecule is COC1(C(=O)N(C)CCOc2cccc(Cl)c2)CCNCC1.Cl. The minimum absolute atomic E-state index is 0. The molecule has 1 aliphatic heterocycles. The molecule has 1 N–H and O–H groups in total. The van der Waals surface area contributed by atoms with Gasteiger partial charge < -0.3 is 19.7 Å². The van der Waals surface area contributed by atoms with Gasteiger partial charge in [-0.05, 0) is 44.1 Å². The van der Waals surface area contributed by atoms with Crippen LogP contribution in [0.3, 0.4) is 0 Å². The Hall–Kier alpha value is -1.01. The van der Waals surface area contributed by atoms with Gasteiger partial charge in [-0.2, -0.15) is 0 Å². The minimum atomic E-state index is -0.698. The first kappa shape index (κ1) is 20.0. The fourth-order valence-electron chi connectivity index (χ4n) is 2.64. The number of carbonyl (C=O) groups excluding carboxylic acids is 1. The summed E-state index contributed by atoms with van der Waals surface area (Å²) in [5.41, 5.74) is -0.698. The highest BCUT2D eigenvalue weighted by Gasteiger charge is 2.41. The van der Waals surface area contributed by atoms with Gasteiger partial charge >= 0.3 is 0 Å². The summed E-state index contributed by atoms with van der Waals surface area (Å²) in [6.07, 6.45) is 1.39. The van der Waals surface area contributed by atoms with Gasteiger partial charge in [0.2, 0.25) is 0 Å². The number of piperidine rings is 1. The fourth-order valence-corrected chi connectivity index (χ4v) is 2.82. The van der Waals surface area contributed by atoms with Gasteiger partial charge in [0.1, 0.15) is 18.0 Å². The summed E-state index contributed by atoms with van der Waals surface area (Å²) >= 11 is 5.91. The van der Waals surface area contributed by atoms with Crippen molar-refractivity contribution in [3.8, 4) is 5.75 Å². The molecule has 0 atom stereocenters. The molecule has 0 aliphatic carbocycles. The second kappa shape index (κ2) is 9.33. The first-order chi connectivity index (χ1) is 10.6. The van der Waals surface area contributed by atoms with Crippen LogP contribution in [0.4, 0.5) is 0 Å². The van der Waals surface area contributed by atoms with E-state index in [4.69, 9.17) is 21.1 Å². The number of hydrogen-bond acceptors (Lipinski definition) is 4. The maximum Gasteiger partial charge on any atom is 0.254 e. The molecule has 0 radical (unpaired) electrons. The van der Waals surface area contributed by atoms with E-state index in [1.165, 1.54) is 0 Å². The van der Waals surface area contributed by atoms with Crippen LogP contribution in [0.1, 0.15) is 12.8 Å². The Balaban J connectivity index is 0.00000264. The summed E-state index contributed by atoms with van der Waals surface area (Å²) in [5.74, 6) is 0.725. The van der Waals surface area contributed by atoms with Gasteiger partial charge in [0.15, 0.2) is 0 Å². The van der Waals surface area contributed by atoms with E-state index in [-0.39, 0.29) is 18.3 Å². The Kier molecular flexibility index (Phi) is 8.12. The average Bonchev–Trinajstić information content (AvgIpc) is 2.54. The number of nitrogens with zero attached hydrogens (tertiary/aromatic N) is 1. The standard InChI is InChI=1S/C16H23ClN2O3.ClH/c1-19(10-11-22-14-5-3-4-13(17)12-14)15(20)16(21-2)6-8-18-9-7-16;/h3-5,12,18H,6-11H2,1-2H3;1H. The van der Waals surface area contributed by atoms with Gasteiger partial charge in [0.25, 0.3) is 5.91 Å². The van der Waals surface area contributed by atoms with Crippen molar-refractivity contribution in [2.24, 2.45) is 0 Å². The number of carbonyl (C=O) groups is 1. The molecule has 130 valence electrons. The van der Waals surface area contributed by atoms with Crippen molar-refractivity contribution in [2.45, 2.75) is 18.4 Å². The molecule has 2 rings (SSSR count). The van der Waals surface area contributed by atoms with Crippen molar-refractivity contribution in [3.05, 3.63) is 29.3 Å². The quantitative estimate of drug-likeness (QED) is 0.843. The van der Waals surface area contributed by atoms with E-state index in [1.807, 2.05) is 12.1 Å². The normalized spacial score (nSPS) is 16.3. The summed E-state index contributed by atoms with van der Waals surface area (Å²) in [5, 5.41) is 3.88. The Morgan fingerprint density at radius 2 is 2.09 bits per heavy atom. The van der Waals surface area contributed by atoms with Gasteiger partial charge in [-0.15, -0.1) is 12.4 Å². The third-order valence-corrected chi connectivity index (χ3v) is 4.27. The highest BCUT2D eigenvalue weighted by atomic mass is 35.5. The van der Waals surface area contributed by atoms with E-state index in [0.29, 0.717) is 36.8 Å². The van der Waals surface area contributed by atoms with Crippen molar-refractivity contribution in [1.82, 2.24) is 10.2 Å². The van der Waals surface area contributed by atoms with Gasteiger partial charge in [0, 0.05) is 19.2 Å². The van der Waals surface area contributed by atoms with E-state index in [1.54, 1.807) is 31.2 Å². The largest absolute Gasteiger partial charge is 0.492 e. The lowest BCUT2D eigenvalue weighted by molar-refractivity contribution is -0.157. The molecule has 0 saturated carbocycles. The first-order valence-corrected chi connectivity index (χ1v) is 7.85. The minimum Gasteiger partial charge on any atom is -0.492 e. The molecule has 7 heteroatoms. The van der Waals surface area contributed by atoms with Crippen LogP contribution >= 0.6 is 24.0 Å². The molecule has 1 heterocycles. The number of amides is 1. The molecule has 5 nitrogen and oxygen atoms in total. The molecule has 1 amide bonds. The summed E-state index contributed by atoms with van der Waals surface area (Å²) in [4.78, 5) is 14.3. The van der Waals surface area contributed by atoms with Crippen LogP contribution in [0.2, 0.25) is 5.02 Å². The van der Waals surface area contributed by atoms with Gasteiger partial charge in [-0.3, -0.25) is 4.79 Å². The Morgan fingerprint density at radius 1 is 1.39 bits per heavy atom. The summed E-state index contributed by atoms with van der Waals surface area (Å²) in [6, 6.07) is 7.23. The highest BCUT2D eigenvalue weighted by Crippen LogP contribution is 2.24. The van der Waals surface area contributed by atoms with Crippen LogP contribution in [0, 0.1) is 0 Å². The third kappa shape index (κ3) is 5.24. The van der Waals surface area contributed by atoms with E-state index in [0.717, 1.165) is 13.1 Å². The zero-order valence-corrected chi connectivity index (χ0v) is 15.1. The van der Waals surface area contributed by atoms with E-state index in [2.05, 4.69) is 5.32 Å². The van der Waals surface area contributed by atoms with E-state index in [9.17, 15) is 4.79 Å². The molecular formula is C16H24Cl2N2O3. The van der Waals surface area contributed by atoms with Crippen LogP contribution in [0.15, 0.2) is 24.3 Å². The lowest BCUT2D eigenvalue weighted by atomic mass is 9.90. The number of rotatable bonds is 6. The van der Waals surface area contributed by atoms with Gasteiger partial charge in [-0.25, -0.2) is 0 Å². The first-order valence-electron chi connectivity index (χ1n) is 7.47. The predicted molar refractivity (Wildman–Crippen MR) is 93.7 cm³/mol. The molecule has 1 aliphatic rings. The second-order valence-corrected chi connectivity index (χ2v) is 5.92. The number of benzene rings is 1. The maximum atomic E-state index is 12.6. The highest BCUT2D eigenvalue weighted by molar-refractivity contribution is 6.30. The molecular weight excluding hydrogens is 339 g/mol. The van der Waals surface area contributed by atoms with Crippen LogP contribution in [-0.2, 0) is 9.53 Å². The van der Waals surface area contributed by atoms with Gasteiger partial charge in [-0.1, -0.05) is 17.7 Å². The molecule has 1 aromatic rings. The number of nitrogens with one attached hydrogen (secondary N) is 1. The number of methoxy groups -OCH3 is 1. The number of hydrogen-bond donors (Lipinski definition) is 1.